The molecule has 162 valence electrons. The second-order valence-electron chi connectivity index (χ2n) is 7.09. The number of piperidine rings is 1. The van der Waals surface area contributed by atoms with Crippen LogP contribution in [0.25, 0.3) is 0 Å². The van der Waals surface area contributed by atoms with E-state index in [1.165, 1.54) is 22.5 Å². The number of aromatic nitrogens is 2. The summed E-state index contributed by atoms with van der Waals surface area (Å²) in [5.74, 6) is 1.07. The first-order chi connectivity index (χ1) is 14.9. The third-order valence-electron chi connectivity index (χ3n) is 4.99. The molecule has 1 atom stereocenters. The Morgan fingerprint density at radius 2 is 1.97 bits per heavy atom. The van der Waals surface area contributed by atoms with E-state index in [0.29, 0.717) is 36.9 Å². The van der Waals surface area contributed by atoms with Crippen LogP contribution >= 0.6 is 0 Å². The first kappa shape index (κ1) is 20.9. The van der Waals surface area contributed by atoms with Crippen molar-refractivity contribution in [3.05, 3.63) is 76.5 Å². The zero-order valence-electron chi connectivity index (χ0n) is 16.5. The van der Waals surface area contributed by atoms with Gasteiger partial charge in [0.15, 0.2) is 6.61 Å². The molecule has 2 heterocycles. The minimum Gasteiger partial charge on any atom is -0.484 e. The topological polar surface area (TPSA) is 129 Å². The van der Waals surface area contributed by atoms with Gasteiger partial charge in [0.25, 0.3) is 11.6 Å². The van der Waals surface area contributed by atoms with Crippen LogP contribution in [0.1, 0.15) is 30.5 Å². The maximum absolute atomic E-state index is 13.0. The van der Waals surface area contributed by atoms with Gasteiger partial charge in [-0.3, -0.25) is 10.1 Å². The molecular formula is C20H20N4O6S. The lowest BCUT2D eigenvalue weighted by molar-refractivity contribution is -0.385. The maximum atomic E-state index is 13.0. The lowest BCUT2D eigenvalue weighted by Crippen LogP contribution is -2.39. The average Bonchev–Trinajstić information content (AvgIpc) is 3.28. The minimum atomic E-state index is -3.88. The Kier molecular flexibility index (Phi) is 5.96. The molecule has 11 heteroatoms. The first-order valence-corrected chi connectivity index (χ1v) is 11.1. The number of hydrogen-bond donors (Lipinski definition) is 0. The fraction of sp³-hybridized carbons (Fsp3) is 0.300. The molecule has 0 N–H and O–H groups in total. The minimum absolute atomic E-state index is 0.107. The molecule has 1 aliphatic rings. The highest BCUT2D eigenvalue weighted by Gasteiger charge is 2.33. The Bertz CT molecular complexity index is 1170. The second-order valence-corrected chi connectivity index (χ2v) is 9.03. The molecule has 1 unspecified atom stereocenters. The zero-order valence-corrected chi connectivity index (χ0v) is 17.3. The van der Waals surface area contributed by atoms with E-state index >= 15 is 0 Å². The Balaban J connectivity index is 1.45. The van der Waals surface area contributed by atoms with Gasteiger partial charge in [-0.05, 0) is 31.0 Å². The number of rotatable bonds is 7. The van der Waals surface area contributed by atoms with Gasteiger partial charge in [-0.2, -0.15) is 4.31 Å². The molecule has 1 saturated heterocycles. The number of sulfonamides is 1. The van der Waals surface area contributed by atoms with Crippen LogP contribution in [-0.4, -0.2) is 40.9 Å². The average molecular weight is 444 g/mol. The van der Waals surface area contributed by atoms with E-state index in [1.807, 2.05) is 30.3 Å². The number of para-hydroxylation sites is 1. The van der Waals surface area contributed by atoms with Crippen molar-refractivity contribution in [1.82, 2.24) is 14.5 Å². The molecule has 0 saturated carbocycles. The standard InChI is InChI=1S/C20H20N4O6S/c25-24(26)16-7-4-10-18(12-16)31(27,28)23-11-5-6-15(13-23)20-22-21-19(30-20)14-29-17-8-2-1-3-9-17/h1-4,7-10,12,15H,5-6,11,13-14H2. The Morgan fingerprint density at radius 3 is 2.74 bits per heavy atom. The predicted octanol–water partition coefficient (Wildman–Crippen LogP) is 3.13. The summed E-state index contributed by atoms with van der Waals surface area (Å²) in [7, 11) is -3.88. The van der Waals surface area contributed by atoms with Crippen LogP contribution < -0.4 is 4.74 Å². The largest absolute Gasteiger partial charge is 0.484 e. The van der Waals surface area contributed by atoms with Gasteiger partial charge >= 0.3 is 0 Å². The summed E-state index contributed by atoms with van der Waals surface area (Å²) >= 11 is 0. The van der Waals surface area contributed by atoms with Gasteiger partial charge in [0, 0.05) is 25.2 Å². The van der Waals surface area contributed by atoms with Gasteiger partial charge in [-0.15, -0.1) is 10.2 Å². The molecule has 0 radical (unpaired) electrons. The molecular weight excluding hydrogens is 424 g/mol. The summed E-state index contributed by atoms with van der Waals surface area (Å²) in [6.07, 6.45) is 1.30. The zero-order chi connectivity index (χ0) is 21.8. The van der Waals surface area contributed by atoms with Gasteiger partial charge in [-0.1, -0.05) is 24.3 Å². The number of nitro groups is 1. The summed E-state index contributed by atoms with van der Waals surface area (Å²) in [5.41, 5.74) is -0.269. The van der Waals surface area contributed by atoms with E-state index in [4.69, 9.17) is 9.15 Å². The van der Waals surface area contributed by atoms with Crippen molar-refractivity contribution >= 4 is 15.7 Å². The van der Waals surface area contributed by atoms with E-state index < -0.39 is 14.9 Å². The highest BCUT2D eigenvalue weighted by molar-refractivity contribution is 7.89. The smallest absolute Gasteiger partial charge is 0.270 e. The highest BCUT2D eigenvalue weighted by Crippen LogP contribution is 2.30. The highest BCUT2D eigenvalue weighted by atomic mass is 32.2. The summed E-state index contributed by atoms with van der Waals surface area (Å²) in [4.78, 5) is 10.3. The van der Waals surface area contributed by atoms with Crippen molar-refractivity contribution in [1.29, 1.82) is 0 Å². The second kappa shape index (κ2) is 8.82. The Labute approximate surface area is 178 Å². The van der Waals surface area contributed by atoms with Gasteiger partial charge < -0.3 is 9.15 Å². The molecule has 0 aliphatic carbocycles. The van der Waals surface area contributed by atoms with E-state index in [0.717, 1.165) is 6.07 Å². The summed E-state index contributed by atoms with van der Waals surface area (Å²) in [5, 5.41) is 19.1. The van der Waals surface area contributed by atoms with Gasteiger partial charge in [0.2, 0.25) is 15.9 Å². The molecule has 0 spiro atoms. The molecule has 1 fully saturated rings. The van der Waals surface area contributed by atoms with Gasteiger partial charge in [-0.25, -0.2) is 8.42 Å². The van der Waals surface area contributed by atoms with Crippen molar-refractivity contribution in [3.63, 3.8) is 0 Å². The first-order valence-electron chi connectivity index (χ1n) is 9.68. The van der Waals surface area contributed by atoms with Crippen LogP contribution in [0.3, 0.4) is 0 Å². The van der Waals surface area contributed by atoms with Gasteiger partial charge in [0.1, 0.15) is 5.75 Å². The lowest BCUT2D eigenvalue weighted by Gasteiger charge is -2.30. The molecule has 31 heavy (non-hydrogen) atoms. The SMILES string of the molecule is O=[N+]([O-])c1cccc(S(=O)(=O)N2CCCC(c3nnc(COc4ccccc4)o3)C2)c1. The van der Waals surface area contributed by atoms with Crippen molar-refractivity contribution in [2.45, 2.75) is 30.3 Å². The van der Waals surface area contributed by atoms with E-state index in [1.54, 1.807) is 0 Å². The van der Waals surface area contributed by atoms with Gasteiger partial charge in [0.05, 0.1) is 15.7 Å². The monoisotopic (exact) mass is 444 g/mol. The summed E-state index contributed by atoms with van der Waals surface area (Å²) < 4.78 is 38.7. The van der Waals surface area contributed by atoms with Crippen LogP contribution in [0.4, 0.5) is 5.69 Å². The summed E-state index contributed by atoms with van der Waals surface area (Å²) in [6, 6.07) is 14.3. The van der Waals surface area contributed by atoms with Crippen molar-refractivity contribution in [3.8, 4) is 5.75 Å². The quantitative estimate of drug-likeness (QED) is 0.401. The fourth-order valence-corrected chi connectivity index (χ4v) is 4.98. The van der Waals surface area contributed by atoms with Crippen LogP contribution in [0, 0.1) is 10.1 Å². The number of nitro benzene ring substituents is 1. The number of ether oxygens (including phenoxy) is 1. The molecule has 3 aromatic rings. The molecule has 4 rings (SSSR count). The van der Waals surface area contributed by atoms with Crippen LogP contribution in [0.2, 0.25) is 0 Å². The lowest BCUT2D eigenvalue weighted by atomic mass is 10.00. The van der Waals surface area contributed by atoms with Crippen molar-refractivity contribution in [2.24, 2.45) is 0 Å². The van der Waals surface area contributed by atoms with Crippen LogP contribution in [-0.2, 0) is 16.6 Å². The van der Waals surface area contributed by atoms with Crippen molar-refractivity contribution in [2.75, 3.05) is 13.1 Å². The molecule has 1 aliphatic heterocycles. The normalized spacial score (nSPS) is 17.4. The van der Waals surface area contributed by atoms with E-state index in [2.05, 4.69) is 10.2 Å². The molecule has 2 aromatic carbocycles. The Hall–Kier alpha value is -3.31. The molecule has 0 bridgehead atoms. The van der Waals surface area contributed by atoms with E-state index in [9.17, 15) is 18.5 Å². The summed E-state index contributed by atoms with van der Waals surface area (Å²) in [6.45, 7) is 0.589. The predicted molar refractivity (Wildman–Crippen MR) is 109 cm³/mol. The number of nitrogens with zero attached hydrogens (tertiary/aromatic N) is 4. The van der Waals surface area contributed by atoms with Crippen LogP contribution in [0.5, 0.6) is 5.75 Å². The number of benzene rings is 2. The number of non-ortho nitro benzene ring substituents is 1. The molecule has 1 aromatic heterocycles. The molecule has 10 nitrogen and oxygen atoms in total. The Morgan fingerprint density at radius 1 is 1.16 bits per heavy atom. The van der Waals surface area contributed by atoms with Crippen molar-refractivity contribution < 1.29 is 22.5 Å². The van der Waals surface area contributed by atoms with Crippen LogP contribution in [0.15, 0.2) is 63.9 Å². The fourth-order valence-electron chi connectivity index (χ4n) is 3.42. The third kappa shape index (κ3) is 4.72. The number of hydrogen-bond acceptors (Lipinski definition) is 8. The maximum Gasteiger partial charge on any atom is 0.270 e. The van der Waals surface area contributed by atoms with E-state index in [-0.39, 0.29) is 29.7 Å². The third-order valence-corrected chi connectivity index (χ3v) is 6.85. The molecule has 0 amide bonds.